The Hall–Kier alpha value is -3.65. The van der Waals surface area contributed by atoms with Crippen LogP contribution in [0.4, 0.5) is 5.69 Å². The van der Waals surface area contributed by atoms with E-state index < -0.39 is 0 Å². The fourth-order valence-electron chi connectivity index (χ4n) is 4.62. The number of fused-ring (bicyclic) bond motifs is 1. The van der Waals surface area contributed by atoms with Crippen LogP contribution >= 0.6 is 11.3 Å². The first-order valence-electron chi connectivity index (χ1n) is 11.6. The molecule has 0 saturated carbocycles. The van der Waals surface area contributed by atoms with Gasteiger partial charge in [-0.05, 0) is 74.3 Å². The Morgan fingerprint density at radius 2 is 1.82 bits per heavy atom. The Balaban J connectivity index is 1.13. The van der Waals surface area contributed by atoms with Gasteiger partial charge in [-0.2, -0.15) is 10.5 Å². The third kappa shape index (κ3) is 4.54. The van der Waals surface area contributed by atoms with Gasteiger partial charge in [0.25, 0.3) is 0 Å². The minimum absolute atomic E-state index is 0.687. The number of aromatic amines is 1. The minimum Gasteiger partial charge on any atom is -0.369 e. The predicted octanol–water partition coefficient (Wildman–Crippen LogP) is 5.10. The summed E-state index contributed by atoms with van der Waals surface area (Å²) in [5.41, 5.74) is 6.22. The van der Waals surface area contributed by atoms with Crippen LogP contribution in [-0.4, -0.2) is 47.6 Å². The molecule has 2 aromatic heterocycles. The number of hydrogen-bond donors (Lipinski definition) is 1. The zero-order valence-electron chi connectivity index (χ0n) is 19.2. The van der Waals surface area contributed by atoms with Crippen molar-refractivity contribution in [3.05, 3.63) is 70.4 Å². The molecule has 1 fully saturated rings. The summed E-state index contributed by atoms with van der Waals surface area (Å²) in [5, 5.41) is 20.4. The average molecular weight is 467 g/mol. The van der Waals surface area contributed by atoms with Crippen LogP contribution in [0.5, 0.6) is 0 Å². The van der Waals surface area contributed by atoms with Gasteiger partial charge in [-0.1, -0.05) is 0 Å². The molecule has 7 heteroatoms. The number of piperazine rings is 1. The standard InChI is InChI=1S/C27H26N6S/c1-19-26(17-29)34-27(31-19)21-5-7-23(8-6-21)33-13-11-32(12-14-33)10-2-3-22-18-30-25-9-4-20(16-28)15-24(22)25/h4-9,15,18,30H,2-3,10-14H2,1H3. The van der Waals surface area contributed by atoms with E-state index in [1.165, 1.54) is 28.0 Å². The molecule has 170 valence electrons. The second-order valence-electron chi connectivity index (χ2n) is 8.71. The lowest BCUT2D eigenvalue weighted by Crippen LogP contribution is -2.46. The number of thiazole rings is 1. The van der Waals surface area contributed by atoms with Crippen LogP contribution in [0.15, 0.2) is 48.7 Å². The molecule has 0 atom stereocenters. The van der Waals surface area contributed by atoms with Crippen molar-refractivity contribution in [2.75, 3.05) is 37.6 Å². The first kappa shape index (κ1) is 22.2. The molecule has 0 unspecified atom stereocenters. The largest absolute Gasteiger partial charge is 0.369 e. The van der Waals surface area contributed by atoms with Crippen LogP contribution in [0.1, 0.15) is 28.1 Å². The number of aryl methyl sites for hydroxylation is 2. The van der Waals surface area contributed by atoms with Gasteiger partial charge in [0.1, 0.15) is 16.0 Å². The van der Waals surface area contributed by atoms with E-state index in [1.54, 1.807) is 0 Å². The van der Waals surface area contributed by atoms with Crippen molar-refractivity contribution in [1.82, 2.24) is 14.9 Å². The van der Waals surface area contributed by atoms with E-state index in [4.69, 9.17) is 0 Å². The van der Waals surface area contributed by atoms with Crippen molar-refractivity contribution in [1.29, 1.82) is 10.5 Å². The summed E-state index contributed by atoms with van der Waals surface area (Å²) in [4.78, 5) is 13.5. The van der Waals surface area contributed by atoms with Crippen LogP contribution in [-0.2, 0) is 6.42 Å². The monoisotopic (exact) mass is 466 g/mol. The Labute approximate surface area is 203 Å². The van der Waals surface area contributed by atoms with Crippen LogP contribution in [0.3, 0.4) is 0 Å². The van der Waals surface area contributed by atoms with Crippen LogP contribution < -0.4 is 4.90 Å². The van der Waals surface area contributed by atoms with Crippen LogP contribution in [0.25, 0.3) is 21.5 Å². The number of nitrogens with one attached hydrogen (secondary N) is 1. The van der Waals surface area contributed by atoms with Gasteiger partial charge in [-0.15, -0.1) is 11.3 Å². The van der Waals surface area contributed by atoms with Crippen molar-refractivity contribution in [3.8, 4) is 22.7 Å². The van der Waals surface area contributed by atoms with Gasteiger partial charge in [0, 0.05) is 54.5 Å². The highest BCUT2D eigenvalue weighted by Gasteiger charge is 2.18. The third-order valence-electron chi connectivity index (χ3n) is 6.57. The molecule has 34 heavy (non-hydrogen) atoms. The molecular formula is C27H26N6S. The van der Waals surface area contributed by atoms with Gasteiger partial charge in [0.2, 0.25) is 0 Å². The third-order valence-corrected chi connectivity index (χ3v) is 7.68. The molecule has 1 N–H and O–H groups in total. The Kier molecular flexibility index (Phi) is 6.31. The van der Waals surface area contributed by atoms with Gasteiger partial charge < -0.3 is 9.88 Å². The van der Waals surface area contributed by atoms with Crippen LogP contribution in [0, 0.1) is 29.6 Å². The maximum atomic E-state index is 9.18. The lowest BCUT2D eigenvalue weighted by molar-refractivity contribution is 0.255. The molecular weight excluding hydrogens is 440 g/mol. The molecule has 0 amide bonds. The fourth-order valence-corrected chi connectivity index (χ4v) is 5.48. The van der Waals surface area contributed by atoms with Gasteiger partial charge in [0.05, 0.1) is 17.3 Å². The second kappa shape index (κ2) is 9.69. The van der Waals surface area contributed by atoms with E-state index in [2.05, 4.69) is 62.4 Å². The lowest BCUT2D eigenvalue weighted by atomic mass is 10.1. The summed E-state index contributed by atoms with van der Waals surface area (Å²) in [6.07, 6.45) is 4.21. The lowest BCUT2D eigenvalue weighted by Gasteiger charge is -2.36. The van der Waals surface area contributed by atoms with E-state index in [1.807, 2.05) is 25.1 Å². The fraction of sp³-hybridized carbons (Fsp3) is 0.296. The minimum atomic E-state index is 0.687. The topological polar surface area (TPSA) is 82.7 Å². The number of hydrogen-bond acceptors (Lipinski definition) is 6. The zero-order valence-corrected chi connectivity index (χ0v) is 20.0. The summed E-state index contributed by atoms with van der Waals surface area (Å²) in [5.74, 6) is 0. The molecule has 4 aromatic rings. The summed E-state index contributed by atoms with van der Waals surface area (Å²) in [7, 11) is 0. The molecule has 6 nitrogen and oxygen atoms in total. The molecule has 2 aromatic carbocycles. The van der Waals surface area contributed by atoms with Gasteiger partial charge in [-0.25, -0.2) is 4.98 Å². The van der Waals surface area contributed by atoms with E-state index in [-0.39, 0.29) is 0 Å². The van der Waals surface area contributed by atoms with Crippen molar-refractivity contribution in [2.45, 2.75) is 19.8 Å². The SMILES string of the molecule is Cc1nc(-c2ccc(N3CCN(CCCc4c[nH]c5ccc(C#N)cc45)CC3)cc2)sc1C#N. The summed E-state index contributed by atoms with van der Waals surface area (Å²) in [6, 6.07) is 18.9. The smallest absolute Gasteiger partial charge is 0.128 e. The highest BCUT2D eigenvalue weighted by atomic mass is 32.1. The molecule has 1 aliphatic rings. The van der Waals surface area contributed by atoms with E-state index in [0.717, 1.165) is 67.3 Å². The van der Waals surface area contributed by atoms with Crippen molar-refractivity contribution in [2.24, 2.45) is 0 Å². The number of nitriles is 2. The van der Waals surface area contributed by atoms with Gasteiger partial charge in [0.15, 0.2) is 0 Å². The average Bonchev–Trinajstić information content (AvgIpc) is 3.47. The van der Waals surface area contributed by atoms with Gasteiger partial charge >= 0.3 is 0 Å². The number of benzene rings is 2. The molecule has 1 saturated heterocycles. The summed E-state index contributed by atoms with van der Waals surface area (Å²) in [6.45, 7) is 7.14. The highest BCUT2D eigenvalue weighted by molar-refractivity contribution is 7.15. The van der Waals surface area contributed by atoms with Crippen molar-refractivity contribution < 1.29 is 0 Å². The molecule has 1 aliphatic heterocycles. The Morgan fingerprint density at radius 3 is 2.53 bits per heavy atom. The van der Waals surface area contributed by atoms with E-state index >= 15 is 0 Å². The summed E-state index contributed by atoms with van der Waals surface area (Å²) >= 11 is 1.45. The maximum absolute atomic E-state index is 9.18. The number of anilines is 1. The molecule has 0 radical (unpaired) electrons. The van der Waals surface area contributed by atoms with Crippen molar-refractivity contribution in [3.63, 3.8) is 0 Å². The molecule has 0 bridgehead atoms. The quantitative estimate of drug-likeness (QED) is 0.428. The first-order valence-corrected chi connectivity index (χ1v) is 12.4. The molecule has 3 heterocycles. The number of nitrogens with zero attached hydrogens (tertiary/aromatic N) is 5. The van der Waals surface area contributed by atoms with Crippen molar-refractivity contribution >= 4 is 27.9 Å². The molecule has 0 spiro atoms. The Bertz CT molecular complexity index is 1380. The number of aromatic nitrogens is 2. The summed E-state index contributed by atoms with van der Waals surface area (Å²) < 4.78 is 0. The van der Waals surface area contributed by atoms with E-state index in [0.29, 0.717) is 10.4 Å². The second-order valence-corrected chi connectivity index (χ2v) is 9.71. The van der Waals surface area contributed by atoms with E-state index in [9.17, 15) is 10.5 Å². The van der Waals surface area contributed by atoms with Gasteiger partial charge in [-0.3, -0.25) is 4.90 Å². The Morgan fingerprint density at radius 1 is 1.03 bits per heavy atom. The zero-order chi connectivity index (χ0) is 23.5. The predicted molar refractivity (Wildman–Crippen MR) is 137 cm³/mol. The first-order chi connectivity index (χ1) is 16.6. The maximum Gasteiger partial charge on any atom is 0.128 e. The normalized spacial score (nSPS) is 14.3. The number of H-pyrrole nitrogens is 1. The molecule has 0 aliphatic carbocycles. The highest BCUT2D eigenvalue weighted by Crippen LogP contribution is 2.29. The number of rotatable bonds is 6. The van der Waals surface area contributed by atoms with Crippen LogP contribution in [0.2, 0.25) is 0 Å². The molecule has 5 rings (SSSR count).